The summed E-state index contributed by atoms with van der Waals surface area (Å²) in [5.74, 6) is 1.44. The van der Waals surface area contributed by atoms with Gasteiger partial charge >= 0.3 is 0 Å². The first-order valence-electron chi connectivity index (χ1n) is 8.81. The largest absolute Gasteiger partial charge is 0.454 e. The summed E-state index contributed by atoms with van der Waals surface area (Å²) in [5, 5.41) is 7.66. The van der Waals surface area contributed by atoms with Crippen molar-refractivity contribution in [2.45, 2.75) is 19.4 Å². The molecule has 0 spiro atoms. The van der Waals surface area contributed by atoms with E-state index in [0.717, 1.165) is 22.6 Å². The molecule has 4 rings (SSSR count). The van der Waals surface area contributed by atoms with Gasteiger partial charge in [-0.15, -0.1) is 0 Å². The van der Waals surface area contributed by atoms with Crippen LogP contribution in [0.1, 0.15) is 12.0 Å². The van der Waals surface area contributed by atoms with Crippen LogP contribution < -0.4 is 20.2 Å². The molecule has 2 heterocycles. The molecule has 0 saturated carbocycles. The number of ether oxygens (including phenoxy) is 2. The molecule has 3 aromatic rings. The van der Waals surface area contributed by atoms with E-state index in [4.69, 9.17) is 9.47 Å². The molecule has 7 nitrogen and oxygen atoms in total. The number of fused-ring (bicyclic) bond motifs is 2. The van der Waals surface area contributed by atoms with Gasteiger partial charge in [-0.1, -0.05) is 18.2 Å². The number of carbonyl (C=O) groups is 1. The van der Waals surface area contributed by atoms with E-state index in [9.17, 15) is 9.59 Å². The maximum absolute atomic E-state index is 12.1. The molecule has 1 N–H and O–H groups in total. The van der Waals surface area contributed by atoms with Crippen molar-refractivity contribution in [3.63, 3.8) is 0 Å². The van der Waals surface area contributed by atoms with Crippen LogP contribution in [0.5, 0.6) is 11.5 Å². The smallest absolute Gasteiger partial charge is 0.231 e. The normalized spacial score (nSPS) is 12.3. The molecular formula is C20H19N3O4. The third kappa shape index (κ3) is 3.76. The second kappa shape index (κ2) is 7.49. The van der Waals surface area contributed by atoms with Gasteiger partial charge in [0.2, 0.25) is 18.1 Å². The van der Waals surface area contributed by atoms with E-state index in [0.29, 0.717) is 31.3 Å². The van der Waals surface area contributed by atoms with Crippen LogP contribution in [0.25, 0.3) is 10.9 Å². The Morgan fingerprint density at radius 1 is 1.15 bits per heavy atom. The summed E-state index contributed by atoms with van der Waals surface area (Å²) in [6.45, 7) is 1.21. The lowest BCUT2D eigenvalue weighted by atomic mass is 10.1. The Morgan fingerprint density at radius 3 is 2.93 bits per heavy atom. The average molecular weight is 365 g/mol. The molecule has 138 valence electrons. The molecule has 0 aliphatic carbocycles. The molecule has 0 atom stereocenters. The van der Waals surface area contributed by atoms with Crippen molar-refractivity contribution < 1.29 is 14.3 Å². The first-order valence-corrected chi connectivity index (χ1v) is 8.81. The fraction of sp³-hybridized carbons (Fsp3) is 0.250. The molecule has 27 heavy (non-hydrogen) atoms. The molecule has 1 aliphatic rings. The molecule has 0 fully saturated rings. The van der Waals surface area contributed by atoms with Crippen molar-refractivity contribution in [1.29, 1.82) is 0 Å². The molecule has 1 aromatic heterocycles. The number of aromatic nitrogens is 2. The van der Waals surface area contributed by atoms with Crippen LogP contribution in [0, 0.1) is 0 Å². The van der Waals surface area contributed by atoms with Gasteiger partial charge in [-0.2, -0.15) is 5.10 Å². The number of hydrogen-bond acceptors (Lipinski definition) is 5. The molecule has 0 unspecified atom stereocenters. The monoisotopic (exact) mass is 365 g/mol. The first-order chi connectivity index (χ1) is 13.2. The van der Waals surface area contributed by atoms with E-state index < -0.39 is 0 Å². The second-order valence-electron chi connectivity index (χ2n) is 6.29. The maximum atomic E-state index is 12.1. The number of para-hydroxylation sites is 1. The Kier molecular flexibility index (Phi) is 4.74. The summed E-state index contributed by atoms with van der Waals surface area (Å²) >= 11 is 0. The Labute approximate surface area is 155 Å². The van der Waals surface area contributed by atoms with Crippen molar-refractivity contribution in [1.82, 2.24) is 15.1 Å². The molecule has 0 saturated heterocycles. The molecule has 2 aromatic carbocycles. The van der Waals surface area contributed by atoms with Crippen molar-refractivity contribution >= 4 is 16.8 Å². The minimum Gasteiger partial charge on any atom is -0.454 e. The van der Waals surface area contributed by atoms with Crippen LogP contribution in [0.3, 0.4) is 0 Å². The zero-order chi connectivity index (χ0) is 18.6. The standard InChI is InChI=1S/C20H19N3O4/c24-17-12-22-23(16-4-2-1-3-15(16)17)10-8-20(25)21-9-7-14-5-6-18-19(11-14)27-13-26-18/h1-6,11-12H,7-10,13H2,(H,21,25). The highest BCUT2D eigenvalue weighted by atomic mass is 16.7. The zero-order valence-electron chi connectivity index (χ0n) is 14.7. The van der Waals surface area contributed by atoms with Gasteiger partial charge in [0.05, 0.1) is 18.3 Å². The van der Waals surface area contributed by atoms with Crippen LogP contribution in [-0.4, -0.2) is 29.0 Å². The summed E-state index contributed by atoms with van der Waals surface area (Å²) in [5.41, 5.74) is 1.70. The van der Waals surface area contributed by atoms with E-state index in [1.165, 1.54) is 6.20 Å². The molecule has 1 aliphatic heterocycles. The number of nitrogens with one attached hydrogen (secondary N) is 1. The van der Waals surface area contributed by atoms with Crippen molar-refractivity contribution in [2.75, 3.05) is 13.3 Å². The SMILES string of the molecule is O=C(CCn1ncc(=O)c2ccccc21)NCCc1ccc2c(c1)OCO2. The molecular weight excluding hydrogens is 346 g/mol. The van der Waals surface area contributed by atoms with Gasteiger partial charge in [0.25, 0.3) is 0 Å². The van der Waals surface area contributed by atoms with E-state index in [1.807, 2.05) is 36.4 Å². The van der Waals surface area contributed by atoms with Crippen molar-refractivity contribution in [3.8, 4) is 11.5 Å². The Hall–Kier alpha value is -3.35. The Morgan fingerprint density at radius 2 is 2.00 bits per heavy atom. The van der Waals surface area contributed by atoms with Gasteiger partial charge in [0, 0.05) is 18.4 Å². The fourth-order valence-corrected chi connectivity index (χ4v) is 3.08. The highest BCUT2D eigenvalue weighted by molar-refractivity contribution is 5.79. The topological polar surface area (TPSA) is 82.5 Å². The number of aryl methyl sites for hydroxylation is 1. The number of nitrogens with zero attached hydrogens (tertiary/aromatic N) is 2. The highest BCUT2D eigenvalue weighted by Gasteiger charge is 2.13. The van der Waals surface area contributed by atoms with Crippen molar-refractivity contribution in [3.05, 3.63) is 64.4 Å². The van der Waals surface area contributed by atoms with Crippen LogP contribution in [0.4, 0.5) is 0 Å². The number of amides is 1. The maximum Gasteiger partial charge on any atom is 0.231 e. The number of hydrogen-bond donors (Lipinski definition) is 1. The molecule has 0 radical (unpaired) electrons. The first kappa shape index (κ1) is 17.1. The van der Waals surface area contributed by atoms with Gasteiger partial charge in [-0.3, -0.25) is 14.3 Å². The summed E-state index contributed by atoms with van der Waals surface area (Å²) in [4.78, 5) is 24.0. The van der Waals surface area contributed by atoms with E-state index >= 15 is 0 Å². The number of carbonyl (C=O) groups excluding carboxylic acids is 1. The quantitative estimate of drug-likeness (QED) is 0.721. The van der Waals surface area contributed by atoms with Gasteiger partial charge in [-0.05, 0) is 36.2 Å². The summed E-state index contributed by atoms with van der Waals surface area (Å²) in [6, 6.07) is 13.1. The van der Waals surface area contributed by atoms with Gasteiger partial charge < -0.3 is 14.8 Å². The molecule has 1 amide bonds. The van der Waals surface area contributed by atoms with Gasteiger partial charge in [-0.25, -0.2) is 0 Å². The predicted molar refractivity (Wildman–Crippen MR) is 99.9 cm³/mol. The number of benzene rings is 2. The van der Waals surface area contributed by atoms with E-state index in [2.05, 4.69) is 10.4 Å². The highest BCUT2D eigenvalue weighted by Crippen LogP contribution is 2.32. The number of rotatable bonds is 6. The minimum atomic E-state index is -0.116. The minimum absolute atomic E-state index is 0.0553. The van der Waals surface area contributed by atoms with E-state index in [1.54, 1.807) is 10.7 Å². The fourth-order valence-electron chi connectivity index (χ4n) is 3.08. The van der Waals surface area contributed by atoms with E-state index in [-0.39, 0.29) is 18.1 Å². The Bertz CT molecular complexity index is 1040. The lowest BCUT2D eigenvalue weighted by Crippen LogP contribution is -2.27. The lowest BCUT2D eigenvalue weighted by Gasteiger charge is -2.10. The second-order valence-corrected chi connectivity index (χ2v) is 6.29. The molecule has 0 bridgehead atoms. The summed E-state index contributed by atoms with van der Waals surface area (Å²) in [6.07, 6.45) is 2.29. The van der Waals surface area contributed by atoms with Crippen molar-refractivity contribution in [2.24, 2.45) is 0 Å². The average Bonchev–Trinajstić information content (AvgIpc) is 3.16. The summed E-state index contributed by atoms with van der Waals surface area (Å²) < 4.78 is 12.3. The third-order valence-corrected chi connectivity index (χ3v) is 4.49. The van der Waals surface area contributed by atoms with Crippen LogP contribution in [0.15, 0.2) is 53.5 Å². The van der Waals surface area contributed by atoms with Gasteiger partial charge in [0.1, 0.15) is 0 Å². The third-order valence-electron chi connectivity index (χ3n) is 4.49. The Balaban J connectivity index is 1.30. The van der Waals surface area contributed by atoms with Crippen LogP contribution >= 0.6 is 0 Å². The van der Waals surface area contributed by atoms with Crippen LogP contribution in [0.2, 0.25) is 0 Å². The molecule has 7 heteroatoms. The summed E-state index contributed by atoms with van der Waals surface area (Å²) in [7, 11) is 0. The predicted octanol–water partition coefficient (Wildman–Crippen LogP) is 1.87. The van der Waals surface area contributed by atoms with Crippen LogP contribution in [-0.2, 0) is 17.8 Å². The van der Waals surface area contributed by atoms with Gasteiger partial charge in [0.15, 0.2) is 11.5 Å². The lowest BCUT2D eigenvalue weighted by molar-refractivity contribution is -0.121. The zero-order valence-corrected chi connectivity index (χ0v) is 14.7.